The number of amides is 1. The van der Waals surface area contributed by atoms with Crippen molar-refractivity contribution in [2.75, 3.05) is 13.1 Å². The number of piperidine rings is 1. The summed E-state index contributed by atoms with van der Waals surface area (Å²) in [6, 6.07) is 0.0769. The van der Waals surface area contributed by atoms with Crippen molar-refractivity contribution in [1.82, 2.24) is 10.2 Å². The molecule has 0 radical (unpaired) electrons. The van der Waals surface area contributed by atoms with E-state index in [0.717, 1.165) is 38.8 Å². The fourth-order valence-corrected chi connectivity index (χ4v) is 2.94. The maximum absolute atomic E-state index is 12.2. The molecule has 1 amide bonds. The Morgan fingerprint density at radius 3 is 2.47 bits per heavy atom. The van der Waals surface area contributed by atoms with Crippen LogP contribution in [0.1, 0.15) is 51.9 Å². The van der Waals surface area contributed by atoms with Gasteiger partial charge >= 0.3 is 0 Å². The van der Waals surface area contributed by atoms with Crippen molar-refractivity contribution < 1.29 is 4.79 Å². The first-order chi connectivity index (χ1) is 9.16. The van der Waals surface area contributed by atoms with E-state index in [1.807, 2.05) is 11.8 Å². The first kappa shape index (κ1) is 14.2. The van der Waals surface area contributed by atoms with Crippen molar-refractivity contribution in [2.24, 2.45) is 10.7 Å². The fourth-order valence-electron chi connectivity index (χ4n) is 2.94. The molecule has 0 aromatic rings. The van der Waals surface area contributed by atoms with E-state index in [9.17, 15) is 4.79 Å². The molecule has 19 heavy (non-hydrogen) atoms. The molecule has 1 saturated carbocycles. The van der Waals surface area contributed by atoms with Gasteiger partial charge in [-0.1, -0.05) is 12.8 Å². The predicted molar refractivity (Wildman–Crippen MR) is 76.9 cm³/mol. The minimum absolute atomic E-state index is 0.143. The highest BCUT2D eigenvalue weighted by atomic mass is 16.2. The average Bonchev–Trinajstić information content (AvgIpc) is 2.91. The second-order valence-corrected chi connectivity index (χ2v) is 5.70. The van der Waals surface area contributed by atoms with Crippen LogP contribution in [0.3, 0.4) is 0 Å². The number of guanidine groups is 1. The summed E-state index contributed by atoms with van der Waals surface area (Å²) in [4.78, 5) is 18.6. The summed E-state index contributed by atoms with van der Waals surface area (Å²) in [6.07, 6.45) is 8.19. The average molecular weight is 266 g/mol. The SMILES string of the molecule is CC(NC(N)=NC1CCCC1)C(=O)N1CCCCC1. The van der Waals surface area contributed by atoms with Gasteiger partial charge in [0, 0.05) is 13.1 Å². The number of rotatable bonds is 3. The second-order valence-electron chi connectivity index (χ2n) is 5.70. The minimum atomic E-state index is -0.275. The van der Waals surface area contributed by atoms with Crippen LogP contribution in [-0.4, -0.2) is 41.9 Å². The Hall–Kier alpha value is -1.26. The van der Waals surface area contributed by atoms with E-state index in [1.165, 1.54) is 19.3 Å². The molecular weight excluding hydrogens is 240 g/mol. The molecule has 0 spiro atoms. The fraction of sp³-hybridized carbons (Fsp3) is 0.857. The van der Waals surface area contributed by atoms with Gasteiger partial charge in [-0.3, -0.25) is 9.79 Å². The number of hydrogen-bond donors (Lipinski definition) is 2. The number of aliphatic imine (C=N–C) groups is 1. The summed E-state index contributed by atoms with van der Waals surface area (Å²) in [5, 5.41) is 3.04. The molecule has 108 valence electrons. The van der Waals surface area contributed by atoms with Crippen LogP contribution in [0.25, 0.3) is 0 Å². The molecule has 1 aliphatic heterocycles. The number of carbonyl (C=O) groups excluding carboxylic acids is 1. The van der Waals surface area contributed by atoms with Gasteiger partial charge in [-0.05, 0) is 39.0 Å². The van der Waals surface area contributed by atoms with Crippen LogP contribution in [0.15, 0.2) is 4.99 Å². The molecule has 2 rings (SSSR count). The van der Waals surface area contributed by atoms with Crippen molar-refractivity contribution in [3.8, 4) is 0 Å². The minimum Gasteiger partial charge on any atom is -0.370 e. The van der Waals surface area contributed by atoms with Gasteiger partial charge in [0.15, 0.2) is 5.96 Å². The van der Waals surface area contributed by atoms with Crippen molar-refractivity contribution in [1.29, 1.82) is 0 Å². The van der Waals surface area contributed by atoms with E-state index in [0.29, 0.717) is 12.0 Å². The Morgan fingerprint density at radius 1 is 1.21 bits per heavy atom. The molecule has 5 nitrogen and oxygen atoms in total. The topological polar surface area (TPSA) is 70.7 Å². The number of nitrogens with two attached hydrogens (primary N) is 1. The Kier molecular flexibility index (Phi) is 5.05. The molecule has 1 aliphatic carbocycles. The lowest BCUT2D eigenvalue weighted by Gasteiger charge is -2.29. The zero-order valence-corrected chi connectivity index (χ0v) is 11.9. The molecule has 1 atom stereocenters. The number of nitrogens with zero attached hydrogens (tertiary/aromatic N) is 2. The summed E-state index contributed by atoms with van der Waals surface area (Å²) in [5.74, 6) is 0.564. The van der Waals surface area contributed by atoms with E-state index in [4.69, 9.17) is 5.73 Å². The van der Waals surface area contributed by atoms with Crippen LogP contribution in [0, 0.1) is 0 Å². The normalized spacial score (nSPS) is 23.4. The summed E-state index contributed by atoms with van der Waals surface area (Å²) in [6.45, 7) is 3.63. The van der Waals surface area contributed by atoms with E-state index in [2.05, 4.69) is 10.3 Å². The third-order valence-corrected chi connectivity index (χ3v) is 4.05. The van der Waals surface area contributed by atoms with Gasteiger partial charge in [-0.15, -0.1) is 0 Å². The van der Waals surface area contributed by atoms with Gasteiger partial charge in [0.1, 0.15) is 6.04 Å². The van der Waals surface area contributed by atoms with Gasteiger partial charge in [-0.2, -0.15) is 0 Å². The van der Waals surface area contributed by atoms with Gasteiger partial charge in [0.25, 0.3) is 0 Å². The second kappa shape index (κ2) is 6.78. The van der Waals surface area contributed by atoms with Crippen LogP contribution >= 0.6 is 0 Å². The van der Waals surface area contributed by atoms with E-state index >= 15 is 0 Å². The Morgan fingerprint density at radius 2 is 1.84 bits per heavy atom. The Bertz CT molecular complexity index is 330. The number of hydrogen-bond acceptors (Lipinski definition) is 2. The van der Waals surface area contributed by atoms with E-state index in [1.54, 1.807) is 0 Å². The monoisotopic (exact) mass is 266 g/mol. The molecule has 5 heteroatoms. The van der Waals surface area contributed by atoms with Crippen molar-refractivity contribution >= 4 is 11.9 Å². The first-order valence-electron chi connectivity index (χ1n) is 7.55. The van der Waals surface area contributed by atoms with Crippen molar-refractivity contribution in [3.05, 3.63) is 0 Å². The largest absolute Gasteiger partial charge is 0.370 e. The van der Waals surface area contributed by atoms with Gasteiger partial charge in [-0.25, -0.2) is 0 Å². The molecule has 0 bridgehead atoms. The summed E-state index contributed by atoms with van der Waals surface area (Å²) >= 11 is 0. The molecular formula is C14H26N4O. The highest BCUT2D eigenvalue weighted by molar-refractivity contribution is 5.88. The smallest absolute Gasteiger partial charge is 0.244 e. The van der Waals surface area contributed by atoms with Crippen LogP contribution in [0.2, 0.25) is 0 Å². The van der Waals surface area contributed by atoms with Crippen LogP contribution in [0.4, 0.5) is 0 Å². The number of likely N-dealkylation sites (tertiary alicyclic amines) is 1. The van der Waals surface area contributed by atoms with Gasteiger partial charge in [0.2, 0.25) is 5.91 Å². The van der Waals surface area contributed by atoms with Crippen LogP contribution in [0.5, 0.6) is 0 Å². The maximum atomic E-state index is 12.2. The summed E-state index contributed by atoms with van der Waals surface area (Å²) < 4.78 is 0. The molecule has 3 N–H and O–H groups in total. The lowest BCUT2D eigenvalue weighted by atomic mass is 10.1. The van der Waals surface area contributed by atoms with Crippen molar-refractivity contribution in [3.63, 3.8) is 0 Å². The Labute approximate surface area is 115 Å². The quantitative estimate of drug-likeness (QED) is 0.596. The molecule has 1 unspecified atom stereocenters. The number of carbonyl (C=O) groups is 1. The standard InChI is InChI=1S/C14H26N4O/c1-11(13(19)18-9-5-2-6-10-18)16-14(15)17-12-7-3-4-8-12/h11-12H,2-10H2,1H3,(H3,15,16,17). The third-order valence-electron chi connectivity index (χ3n) is 4.05. The lowest BCUT2D eigenvalue weighted by Crippen LogP contribution is -2.50. The van der Waals surface area contributed by atoms with E-state index < -0.39 is 0 Å². The zero-order chi connectivity index (χ0) is 13.7. The van der Waals surface area contributed by atoms with Gasteiger partial charge < -0.3 is 16.0 Å². The highest BCUT2D eigenvalue weighted by Gasteiger charge is 2.22. The zero-order valence-electron chi connectivity index (χ0n) is 11.9. The molecule has 2 aliphatic rings. The molecule has 1 heterocycles. The van der Waals surface area contributed by atoms with Crippen LogP contribution < -0.4 is 11.1 Å². The summed E-state index contributed by atoms with van der Waals surface area (Å²) in [7, 11) is 0. The predicted octanol–water partition coefficient (Wildman–Crippen LogP) is 1.23. The van der Waals surface area contributed by atoms with Gasteiger partial charge in [0.05, 0.1) is 6.04 Å². The highest BCUT2D eigenvalue weighted by Crippen LogP contribution is 2.20. The Balaban J connectivity index is 1.81. The van der Waals surface area contributed by atoms with Crippen LogP contribution in [-0.2, 0) is 4.79 Å². The molecule has 1 saturated heterocycles. The first-order valence-corrected chi connectivity index (χ1v) is 7.55. The van der Waals surface area contributed by atoms with E-state index in [-0.39, 0.29) is 11.9 Å². The third kappa shape index (κ3) is 4.11. The van der Waals surface area contributed by atoms with Crippen molar-refractivity contribution in [2.45, 2.75) is 64.0 Å². The lowest BCUT2D eigenvalue weighted by molar-refractivity contribution is -0.133. The number of nitrogens with one attached hydrogen (secondary N) is 1. The maximum Gasteiger partial charge on any atom is 0.244 e. The summed E-state index contributed by atoms with van der Waals surface area (Å²) in [5.41, 5.74) is 5.89. The molecule has 0 aromatic carbocycles. The molecule has 2 fully saturated rings. The molecule has 0 aromatic heterocycles.